The second kappa shape index (κ2) is 11.7. The maximum absolute atomic E-state index is 12.4. The van der Waals surface area contributed by atoms with Gasteiger partial charge in [0.1, 0.15) is 28.9 Å². The highest BCUT2D eigenvalue weighted by atomic mass is 16.5. The molecule has 34 heavy (non-hydrogen) atoms. The van der Waals surface area contributed by atoms with Gasteiger partial charge in [0.25, 0.3) is 11.8 Å². The van der Waals surface area contributed by atoms with Crippen molar-refractivity contribution in [1.82, 2.24) is 0 Å². The van der Waals surface area contributed by atoms with Gasteiger partial charge in [-0.1, -0.05) is 24.3 Å². The van der Waals surface area contributed by atoms with Crippen molar-refractivity contribution < 1.29 is 23.8 Å². The van der Waals surface area contributed by atoms with E-state index in [-0.39, 0.29) is 18.1 Å². The Balaban J connectivity index is 1.57. The van der Waals surface area contributed by atoms with E-state index in [1.165, 1.54) is 13.2 Å². The van der Waals surface area contributed by atoms with Crippen molar-refractivity contribution in [2.75, 3.05) is 31.5 Å². The molecule has 2 N–H and O–H groups in total. The van der Waals surface area contributed by atoms with Crippen molar-refractivity contribution >= 4 is 29.3 Å². The third-order valence-electron chi connectivity index (χ3n) is 4.66. The molecule has 3 aromatic rings. The van der Waals surface area contributed by atoms with Gasteiger partial charge in [-0.2, -0.15) is 5.26 Å². The Morgan fingerprint density at radius 3 is 2.21 bits per heavy atom. The fraction of sp³-hybridized carbons (Fsp3) is 0.115. The first-order chi connectivity index (χ1) is 16.5. The molecule has 3 rings (SSSR count). The number of anilines is 2. The summed E-state index contributed by atoms with van der Waals surface area (Å²) in [5.74, 6) is 0.815. The Hall–Kier alpha value is -4.77. The van der Waals surface area contributed by atoms with E-state index in [2.05, 4.69) is 10.6 Å². The number of carbonyl (C=O) groups is 2. The number of hydrogen-bond acceptors (Lipinski definition) is 6. The lowest BCUT2D eigenvalue weighted by Gasteiger charge is -2.10. The molecule has 0 aliphatic heterocycles. The summed E-state index contributed by atoms with van der Waals surface area (Å²) in [6, 6.07) is 22.4. The van der Waals surface area contributed by atoms with Crippen LogP contribution in [-0.2, 0) is 9.59 Å². The summed E-state index contributed by atoms with van der Waals surface area (Å²) in [6.45, 7) is -0.194. The highest BCUT2D eigenvalue weighted by molar-refractivity contribution is 6.09. The van der Waals surface area contributed by atoms with Gasteiger partial charge in [0.2, 0.25) is 0 Å². The van der Waals surface area contributed by atoms with Crippen molar-refractivity contribution in [2.24, 2.45) is 0 Å². The SMILES string of the molecule is COc1ccc(NC(=O)/C(C#N)=C/c2ccc(OCC(=O)Nc3ccccc3OC)cc2)cc1. The summed E-state index contributed by atoms with van der Waals surface area (Å²) in [5, 5.41) is 14.8. The lowest BCUT2D eigenvalue weighted by Crippen LogP contribution is -2.20. The maximum Gasteiger partial charge on any atom is 0.266 e. The Labute approximate surface area is 197 Å². The number of amides is 2. The number of methoxy groups -OCH3 is 2. The monoisotopic (exact) mass is 457 g/mol. The number of para-hydroxylation sites is 2. The normalized spacial score (nSPS) is 10.6. The van der Waals surface area contributed by atoms with Crippen molar-refractivity contribution in [1.29, 1.82) is 5.26 Å². The molecule has 0 aromatic heterocycles. The second-order valence-electron chi connectivity index (χ2n) is 6.96. The van der Waals surface area contributed by atoms with Crippen LogP contribution in [0.2, 0.25) is 0 Å². The zero-order valence-corrected chi connectivity index (χ0v) is 18.7. The molecule has 0 unspecified atom stereocenters. The van der Waals surface area contributed by atoms with Crippen LogP contribution in [0.1, 0.15) is 5.56 Å². The topological polar surface area (TPSA) is 110 Å². The number of carbonyl (C=O) groups excluding carboxylic acids is 2. The Morgan fingerprint density at radius 2 is 1.56 bits per heavy atom. The summed E-state index contributed by atoms with van der Waals surface area (Å²) < 4.78 is 15.8. The van der Waals surface area contributed by atoms with Crippen LogP contribution in [-0.4, -0.2) is 32.6 Å². The molecule has 8 nitrogen and oxygen atoms in total. The minimum atomic E-state index is -0.527. The van der Waals surface area contributed by atoms with Crippen LogP contribution in [0.4, 0.5) is 11.4 Å². The van der Waals surface area contributed by atoms with Gasteiger partial charge < -0.3 is 24.8 Å². The molecule has 0 aliphatic rings. The van der Waals surface area contributed by atoms with Crippen molar-refractivity contribution in [3.63, 3.8) is 0 Å². The average molecular weight is 457 g/mol. The molecular weight excluding hydrogens is 434 g/mol. The summed E-state index contributed by atoms with van der Waals surface area (Å²) >= 11 is 0. The molecule has 8 heteroatoms. The first-order valence-electron chi connectivity index (χ1n) is 10.3. The van der Waals surface area contributed by atoms with Gasteiger partial charge in [0.15, 0.2) is 6.61 Å². The number of nitrogens with zero attached hydrogens (tertiary/aromatic N) is 1. The molecule has 0 saturated carbocycles. The van der Waals surface area contributed by atoms with Gasteiger partial charge in [-0.25, -0.2) is 0 Å². The Kier molecular flexibility index (Phi) is 8.25. The quantitative estimate of drug-likeness (QED) is 0.367. The molecular formula is C26H23N3O5. The van der Waals surface area contributed by atoms with E-state index in [9.17, 15) is 14.9 Å². The number of benzene rings is 3. The zero-order valence-electron chi connectivity index (χ0n) is 18.7. The molecule has 0 aliphatic carbocycles. The lowest BCUT2D eigenvalue weighted by molar-refractivity contribution is -0.118. The molecule has 0 atom stereocenters. The third-order valence-corrected chi connectivity index (χ3v) is 4.66. The average Bonchev–Trinajstić information content (AvgIpc) is 2.87. The fourth-order valence-corrected chi connectivity index (χ4v) is 2.93. The van der Waals surface area contributed by atoms with Crippen LogP contribution in [0.3, 0.4) is 0 Å². The summed E-state index contributed by atoms with van der Waals surface area (Å²) in [4.78, 5) is 24.6. The molecule has 0 fully saturated rings. The van der Waals surface area contributed by atoms with E-state index in [0.717, 1.165) is 0 Å². The molecule has 0 bridgehead atoms. The highest BCUT2D eigenvalue weighted by Gasteiger charge is 2.11. The fourth-order valence-electron chi connectivity index (χ4n) is 2.93. The van der Waals surface area contributed by atoms with Crippen molar-refractivity contribution in [2.45, 2.75) is 0 Å². The molecule has 2 amide bonds. The Morgan fingerprint density at radius 1 is 0.882 bits per heavy atom. The highest BCUT2D eigenvalue weighted by Crippen LogP contribution is 2.23. The van der Waals surface area contributed by atoms with E-state index < -0.39 is 5.91 Å². The predicted octanol–water partition coefficient (Wildman–Crippen LogP) is 4.27. The number of nitriles is 1. The largest absolute Gasteiger partial charge is 0.497 e. The molecule has 0 radical (unpaired) electrons. The van der Waals surface area contributed by atoms with Crippen molar-refractivity contribution in [3.05, 3.63) is 83.9 Å². The minimum Gasteiger partial charge on any atom is -0.497 e. The smallest absolute Gasteiger partial charge is 0.266 e. The van der Waals surface area contributed by atoms with Crippen LogP contribution in [0.25, 0.3) is 6.08 Å². The lowest BCUT2D eigenvalue weighted by atomic mass is 10.1. The Bertz CT molecular complexity index is 1210. The van der Waals surface area contributed by atoms with Crippen molar-refractivity contribution in [3.8, 4) is 23.3 Å². The number of ether oxygens (including phenoxy) is 3. The molecule has 3 aromatic carbocycles. The van der Waals surface area contributed by atoms with Gasteiger partial charge >= 0.3 is 0 Å². The van der Waals surface area contributed by atoms with Crippen LogP contribution in [0.15, 0.2) is 78.4 Å². The maximum atomic E-state index is 12.4. The van der Waals surface area contributed by atoms with Gasteiger partial charge in [0.05, 0.1) is 19.9 Å². The van der Waals surface area contributed by atoms with E-state index in [1.807, 2.05) is 6.07 Å². The zero-order chi connectivity index (χ0) is 24.3. The van der Waals surface area contributed by atoms with E-state index in [1.54, 1.807) is 79.9 Å². The predicted molar refractivity (Wildman–Crippen MR) is 129 cm³/mol. The molecule has 0 saturated heterocycles. The molecule has 0 heterocycles. The van der Waals surface area contributed by atoms with Crippen LogP contribution in [0.5, 0.6) is 17.2 Å². The van der Waals surface area contributed by atoms with E-state index in [0.29, 0.717) is 34.2 Å². The third kappa shape index (κ3) is 6.61. The van der Waals surface area contributed by atoms with Crippen LogP contribution in [0, 0.1) is 11.3 Å². The molecule has 172 valence electrons. The van der Waals surface area contributed by atoms with Crippen LogP contribution >= 0.6 is 0 Å². The number of hydrogen-bond donors (Lipinski definition) is 2. The summed E-state index contributed by atoms with van der Waals surface area (Å²) in [6.07, 6.45) is 1.47. The minimum absolute atomic E-state index is 0.0549. The standard InChI is InChI=1S/C26H23N3O5/c1-32-21-13-9-20(10-14-21)28-26(31)19(16-27)15-18-7-11-22(12-8-18)34-17-25(30)29-23-5-3-4-6-24(23)33-2/h3-15H,17H2,1-2H3,(H,28,31)(H,29,30)/b19-15+. The van der Waals surface area contributed by atoms with Gasteiger partial charge in [-0.3, -0.25) is 9.59 Å². The first kappa shape index (κ1) is 23.9. The van der Waals surface area contributed by atoms with Gasteiger partial charge in [0, 0.05) is 5.69 Å². The van der Waals surface area contributed by atoms with E-state index in [4.69, 9.17) is 14.2 Å². The van der Waals surface area contributed by atoms with E-state index >= 15 is 0 Å². The first-order valence-corrected chi connectivity index (χ1v) is 10.3. The summed E-state index contributed by atoms with van der Waals surface area (Å²) in [5.41, 5.74) is 1.67. The van der Waals surface area contributed by atoms with Gasteiger partial charge in [-0.15, -0.1) is 0 Å². The second-order valence-corrected chi connectivity index (χ2v) is 6.96. The summed E-state index contributed by atoms with van der Waals surface area (Å²) in [7, 11) is 3.08. The number of rotatable bonds is 9. The number of nitrogens with one attached hydrogen (secondary N) is 2. The van der Waals surface area contributed by atoms with Crippen LogP contribution < -0.4 is 24.8 Å². The van der Waals surface area contributed by atoms with Gasteiger partial charge in [-0.05, 0) is 60.2 Å². The molecule has 0 spiro atoms.